The van der Waals surface area contributed by atoms with Crippen LogP contribution in [0, 0.1) is 5.82 Å². The molecule has 0 bridgehead atoms. The SMILES string of the molecule is CC(C)c1nccc(F)c1-n1c2c(c(N3C[C@@H](C)N(C(=O)OC(C)(C)C)C[C@@H]3C)nc1=O)CCN(Cc1ccccc1)C2. The molecule has 230 valence electrons. The Kier molecular flexibility index (Phi) is 8.61. The normalized spacial score (nSPS) is 19.5. The van der Waals surface area contributed by atoms with Gasteiger partial charge in [-0.05, 0) is 58.6 Å². The van der Waals surface area contributed by atoms with E-state index in [-0.39, 0.29) is 29.8 Å². The quantitative estimate of drug-likeness (QED) is 0.400. The molecule has 2 aliphatic rings. The van der Waals surface area contributed by atoms with E-state index in [1.807, 2.05) is 66.7 Å². The van der Waals surface area contributed by atoms with Crippen LogP contribution < -0.4 is 10.6 Å². The van der Waals surface area contributed by atoms with E-state index >= 15 is 4.39 Å². The van der Waals surface area contributed by atoms with Crippen molar-refractivity contribution in [2.45, 2.75) is 91.6 Å². The molecule has 5 rings (SSSR count). The molecule has 43 heavy (non-hydrogen) atoms. The van der Waals surface area contributed by atoms with E-state index in [1.54, 1.807) is 4.90 Å². The monoisotopic (exact) mass is 590 g/mol. The number of hydrogen-bond donors (Lipinski definition) is 0. The number of carbonyl (C=O) groups excluding carboxylic acids is 1. The molecule has 10 heteroatoms. The molecular weight excluding hydrogens is 547 g/mol. The first kappa shape index (κ1) is 30.7. The molecule has 9 nitrogen and oxygen atoms in total. The summed E-state index contributed by atoms with van der Waals surface area (Å²) in [7, 11) is 0. The van der Waals surface area contributed by atoms with Gasteiger partial charge in [-0.2, -0.15) is 4.98 Å². The summed E-state index contributed by atoms with van der Waals surface area (Å²) in [5.41, 5.74) is 2.42. The lowest BCUT2D eigenvalue weighted by Crippen LogP contribution is -2.59. The number of amides is 1. The van der Waals surface area contributed by atoms with Crippen molar-refractivity contribution in [3.8, 4) is 5.69 Å². The molecule has 4 heterocycles. The van der Waals surface area contributed by atoms with Crippen LogP contribution in [0.5, 0.6) is 0 Å². The molecule has 1 aromatic carbocycles. The summed E-state index contributed by atoms with van der Waals surface area (Å²) in [4.78, 5) is 42.2. The molecule has 2 aromatic heterocycles. The van der Waals surface area contributed by atoms with E-state index in [4.69, 9.17) is 4.74 Å². The number of carbonyl (C=O) groups is 1. The Bertz CT molecular complexity index is 1530. The molecule has 2 aliphatic heterocycles. The average molecular weight is 591 g/mol. The molecule has 0 saturated carbocycles. The van der Waals surface area contributed by atoms with Crippen molar-refractivity contribution in [3.05, 3.63) is 81.4 Å². The largest absolute Gasteiger partial charge is 0.444 e. The Balaban J connectivity index is 1.58. The van der Waals surface area contributed by atoms with Crippen molar-refractivity contribution in [2.24, 2.45) is 0 Å². The second kappa shape index (κ2) is 12.1. The number of rotatable bonds is 5. The Labute approximate surface area is 253 Å². The number of piperazine rings is 1. The van der Waals surface area contributed by atoms with E-state index < -0.39 is 17.1 Å². The molecule has 1 fully saturated rings. The lowest BCUT2D eigenvalue weighted by Gasteiger charge is -2.45. The average Bonchev–Trinajstić information content (AvgIpc) is 2.93. The van der Waals surface area contributed by atoms with Gasteiger partial charge in [0.2, 0.25) is 0 Å². The topological polar surface area (TPSA) is 83.8 Å². The highest BCUT2D eigenvalue weighted by Crippen LogP contribution is 2.33. The van der Waals surface area contributed by atoms with Crippen molar-refractivity contribution in [1.29, 1.82) is 0 Å². The van der Waals surface area contributed by atoms with Crippen LogP contribution in [0.4, 0.5) is 15.0 Å². The number of nitrogens with zero attached hydrogens (tertiary/aromatic N) is 6. The van der Waals surface area contributed by atoms with Gasteiger partial charge in [0.15, 0.2) is 5.82 Å². The summed E-state index contributed by atoms with van der Waals surface area (Å²) in [5, 5.41) is 0. The summed E-state index contributed by atoms with van der Waals surface area (Å²) in [6.45, 7) is 16.3. The van der Waals surface area contributed by atoms with Crippen LogP contribution in [0.15, 0.2) is 47.4 Å². The summed E-state index contributed by atoms with van der Waals surface area (Å²) >= 11 is 0. The van der Waals surface area contributed by atoms with Gasteiger partial charge in [-0.1, -0.05) is 44.2 Å². The molecule has 3 aromatic rings. The molecule has 0 aliphatic carbocycles. The van der Waals surface area contributed by atoms with E-state index in [1.165, 1.54) is 22.4 Å². The predicted octanol–water partition coefficient (Wildman–Crippen LogP) is 5.28. The third-order valence-electron chi connectivity index (χ3n) is 8.14. The van der Waals surface area contributed by atoms with E-state index in [0.717, 1.165) is 17.8 Å². The minimum Gasteiger partial charge on any atom is -0.444 e. The highest BCUT2D eigenvalue weighted by Gasteiger charge is 2.38. The van der Waals surface area contributed by atoms with Gasteiger partial charge in [-0.15, -0.1) is 0 Å². The van der Waals surface area contributed by atoms with Crippen molar-refractivity contribution >= 4 is 11.9 Å². The maximum Gasteiger partial charge on any atom is 0.410 e. The highest BCUT2D eigenvalue weighted by atomic mass is 19.1. The number of anilines is 1. The standard InChI is InChI=1S/C33H43FN6O3/c1-21(2)28-29(26(34)13-15-35-28)40-27-20-37(19-24-11-9-8-10-12-24)16-14-25(27)30(36-31(40)41)38-17-23(4)39(18-22(38)3)32(42)43-33(5,6)7/h8-13,15,21-23H,14,16-20H2,1-7H3/t22-,23+/m0/s1. The summed E-state index contributed by atoms with van der Waals surface area (Å²) in [6, 6.07) is 11.2. The minimum atomic E-state index is -0.593. The second-order valence-corrected chi connectivity index (χ2v) is 13.1. The molecular formula is C33H43FN6O3. The highest BCUT2D eigenvalue weighted by molar-refractivity contribution is 5.69. The first-order chi connectivity index (χ1) is 20.3. The molecule has 0 radical (unpaired) electrons. The fraction of sp³-hybridized carbons (Fsp3) is 0.515. The lowest BCUT2D eigenvalue weighted by molar-refractivity contribution is 0.0129. The van der Waals surface area contributed by atoms with Gasteiger partial charge in [0.25, 0.3) is 0 Å². The van der Waals surface area contributed by atoms with Crippen LogP contribution in [0.2, 0.25) is 0 Å². The van der Waals surface area contributed by atoms with Gasteiger partial charge < -0.3 is 14.5 Å². The molecule has 0 N–H and O–H groups in total. The predicted molar refractivity (Wildman–Crippen MR) is 165 cm³/mol. The van der Waals surface area contributed by atoms with Crippen molar-refractivity contribution in [3.63, 3.8) is 0 Å². The van der Waals surface area contributed by atoms with Gasteiger partial charge in [0, 0.05) is 62.3 Å². The fourth-order valence-electron chi connectivity index (χ4n) is 6.10. The van der Waals surface area contributed by atoms with Gasteiger partial charge in [-0.25, -0.2) is 14.0 Å². The van der Waals surface area contributed by atoms with Gasteiger partial charge >= 0.3 is 11.8 Å². The van der Waals surface area contributed by atoms with Crippen molar-refractivity contribution in [1.82, 2.24) is 24.3 Å². The molecule has 1 amide bonds. The molecule has 0 spiro atoms. The van der Waals surface area contributed by atoms with Crippen LogP contribution >= 0.6 is 0 Å². The summed E-state index contributed by atoms with van der Waals surface area (Å²) in [6.07, 6.45) is 1.75. The zero-order chi connectivity index (χ0) is 31.1. The van der Waals surface area contributed by atoms with Crippen LogP contribution in [0.25, 0.3) is 5.69 Å². The number of ether oxygens (including phenoxy) is 1. The minimum absolute atomic E-state index is 0.0984. The third kappa shape index (κ3) is 6.44. The zero-order valence-electron chi connectivity index (χ0n) is 26.3. The number of aromatic nitrogens is 3. The van der Waals surface area contributed by atoms with Crippen LogP contribution in [0.1, 0.15) is 76.9 Å². The smallest absolute Gasteiger partial charge is 0.410 e. The molecule has 0 unspecified atom stereocenters. The first-order valence-corrected chi connectivity index (χ1v) is 15.2. The van der Waals surface area contributed by atoms with Gasteiger partial charge in [-0.3, -0.25) is 14.5 Å². The number of hydrogen-bond acceptors (Lipinski definition) is 7. The van der Waals surface area contributed by atoms with Gasteiger partial charge in [0.05, 0.1) is 5.69 Å². The number of fused-ring (bicyclic) bond motifs is 1. The Morgan fingerprint density at radius 2 is 1.81 bits per heavy atom. The lowest BCUT2D eigenvalue weighted by atomic mass is 10.00. The second-order valence-electron chi connectivity index (χ2n) is 13.1. The van der Waals surface area contributed by atoms with Crippen molar-refractivity contribution < 1.29 is 13.9 Å². The Hall–Kier alpha value is -3.79. The van der Waals surface area contributed by atoms with E-state index in [2.05, 4.69) is 31.9 Å². The fourth-order valence-corrected chi connectivity index (χ4v) is 6.10. The Morgan fingerprint density at radius 3 is 2.49 bits per heavy atom. The number of benzene rings is 1. The molecule has 2 atom stereocenters. The summed E-state index contributed by atoms with van der Waals surface area (Å²) in [5.74, 6) is 0.0265. The third-order valence-corrected chi connectivity index (χ3v) is 8.14. The van der Waals surface area contributed by atoms with Gasteiger partial charge in [0.1, 0.15) is 17.1 Å². The van der Waals surface area contributed by atoms with Crippen molar-refractivity contribution in [2.75, 3.05) is 24.5 Å². The van der Waals surface area contributed by atoms with Crippen LogP contribution in [-0.2, 0) is 24.2 Å². The zero-order valence-corrected chi connectivity index (χ0v) is 26.3. The number of pyridine rings is 1. The molecule has 1 saturated heterocycles. The maximum atomic E-state index is 15.6. The maximum absolute atomic E-state index is 15.6. The first-order valence-electron chi connectivity index (χ1n) is 15.2. The summed E-state index contributed by atoms with van der Waals surface area (Å²) < 4.78 is 22.7. The van der Waals surface area contributed by atoms with E-state index in [9.17, 15) is 9.59 Å². The van der Waals surface area contributed by atoms with Crippen LogP contribution in [0.3, 0.4) is 0 Å². The van der Waals surface area contributed by atoms with E-state index in [0.29, 0.717) is 44.1 Å². The van der Waals surface area contributed by atoms with Crippen LogP contribution in [-0.4, -0.2) is 67.7 Å². The Morgan fingerprint density at radius 1 is 1.09 bits per heavy atom. The number of halogens is 1.